The third-order valence-corrected chi connectivity index (χ3v) is 15.0. The van der Waals surface area contributed by atoms with Gasteiger partial charge < -0.3 is 8.98 Å². The summed E-state index contributed by atoms with van der Waals surface area (Å²) in [6, 6.07) is 69.5. The monoisotopic (exact) mass is 862 g/mol. The first-order chi connectivity index (χ1) is 32.5. The van der Waals surface area contributed by atoms with E-state index < -0.39 is 0 Å². The van der Waals surface area contributed by atoms with Crippen molar-refractivity contribution in [1.29, 1.82) is 0 Å². The Kier molecular flexibility index (Phi) is 7.84. The molecule has 9 aromatic carbocycles. The molecule has 66 heavy (non-hydrogen) atoms. The van der Waals surface area contributed by atoms with Crippen LogP contribution in [0.1, 0.15) is 25.0 Å². The molecular weight excluding hydrogens is 825 g/mol. The van der Waals surface area contributed by atoms with Crippen LogP contribution in [0, 0.1) is 0 Å². The van der Waals surface area contributed by atoms with Crippen molar-refractivity contribution in [3.63, 3.8) is 0 Å². The zero-order valence-electron chi connectivity index (χ0n) is 36.1. The summed E-state index contributed by atoms with van der Waals surface area (Å²) in [5.74, 6) is 1.85. The summed E-state index contributed by atoms with van der Waals surface area (Å²) < 4.78 is 11.6. The van der Waals surface area contributed by atoms with Crippen LogP contribution in [0.5, 0.6) is 0 Å². The minimum absolute atomic E-state index is 0.164. The first-order valence-electron chi connectivity index (χ1n) is 22.4. The normalized spacial score (nSPS) is 13.1. The number of furan rings is 1. The largest absolute Gasteiger partial charge is 0.456 e. The first kappa shape index (κ1) is 37.2. The number of nitrogens with zero attached hydrogens (tertiary/aromatic N) is 4. The number of aromatic nitrogens is 4. The van der Waals surface area contributed by atoms with Crippen LogP contribution >= 0.6 is 11.3 Å². The highest BCUT2D eigenvalue weighted by atomic mass is 32.1. The number of para-hydroxylation sites is 2. The van der Waals surface area contributed by atoms with Gasteiger partial charge in [-0.2, -0.15) is 0 Å². The van der Waals surface area contributed by atoms with E-state index >= 15 is 0 Å². The molecule has 14 rings (SSSR count). The highest BCUT2D eigenvalue weighted by Crippen LogP contribution is 2.50. The zero-order valence-corrected chi connectivity index (χ0v) is 36.9. The van der Waals surface area contributed by atoms with Crippen molar-refractivity contribution in [2.75, 3.05) is 0 Å². The van der Waals surface area contributed by atoms with Crippen LogP contribution in [-0.4, -0.2) is 19.5 Å². The Morgan fingerprint density at radius 1 is 0.409 bits per heavy atom. The van der Waals surface area contributed by atoms with Gasteiger partial charge in [0.1, 0.15) is 11.2 Å². The molecule has 0 unspecified atom stereocenters. The van der Waals surface area contributed by atoms with E-state index in [2.05, 4.69) is 182 Å². The average molecular weight is 863 g/mol. The van der Waals surface area contributed by atoms with Crippen molar-refractivity contribution in [2.45, 2.75) is 19.3 Å². The fourth-order valence-corrected chi connectivity index (χ4v) is 11.9. The molecule has 0 saturated heterocycles. The van der Waals surface area contributed by atoms with Gasteiger partial charge in [-0.15, -0.1) is 11.3 Å². The molecule has 6 heteroatoms. The van der Waals surface area contributed by atoms with Gasteiger partial charge in [0.05, 0.1) is 11.0 Å². The SMILES string of the molecule is CC1(C)c2ccccc2-c2ccc(-c3nc(-c4ccccc4)nc(-c4cccc5oc6ccc(-c7cc(-n8c9ccccc9c9ccccc98)cc8sc9ccccc9c78)cc6c45)n3)cc21. The van der Waals surface area contributed by atoms with E-state index in [1.165, 1.54) is 69.8 Å². The smallest absolute Gasteiger partial charge is 0.164 e. The number of fused-ring (bicyclic) bond motifs is 12. The quantitative estimate of drug-likeness (QED) is 0.173. The second-order valence-corrected chi connectivity index (χ2v) is 19.0. The molecule has 0 atom stereocenters. The molecule has 0 radical (unpaired) electrons. The fourth-order valence-electron chi connectivity index (χ4n) is 10.8. The first-order valence-corrected chi connectivity index (χ1v) is 23.2. The molecule has 4 aromatic heterocycles. The van der Waals surface area contributed by atoms with Crippen LogP contribution in [0.4, 0.5) is 0 Å². The van der Waals surface area contributed by atoms with Gasteiger partial charge in [0.15, 0.2) is 17.5 Å². The minimum atomic E-state index is -0.164. The number of hydrogen-bond donors (Lipinski definition) is 0. The van der Waals surface area contributed by atoms with Crippen LogP contribution in [-0.2, 0) is 5.41 Å². The van der Waals surface area contributed by atoms with E-state index in [-0.39, 0.29) is 5.41 Å². The maximum absolute atomic E-state index is 6.69. The van der Waals surface area contributed by atoms with Crippen LogP contribution < -0.4 is 0 Å². The van der Waals surface area contributed by atoms with E-state index in [4.69, 9.17) is 19.4 Å². The molecular formula is C60H38N4OS. The highest BCUT2D eigenvalue weighted by molar-refractivity contribution is 7.26. The molecule has 0 aliphatic heterocycles. The van der Waals surface area contributed by atoms with Crippen LogP contribution in [0.3, 0.4) is 0 Å². The third-order valence-electron chi connectivity index (χ3n) is 13.9. The lowest BCUT2D eigenvalue weighted by Gasteiger charge is -2.21. The number of hydrogen-bond acceptors (Lipinski definition) is 5. The van der Waals surface area contributed by atoms with Gasteiger partial charge in [0.25, 0.3) is 0 Å². The molecule has 0 bridgehead atoms. The van der Waals surface area contributed by atoms with Gasteiger partial charge in [0, 0.05) is 69.5 Å². The van der Waals surface area contributed by atoms with Crippen LogP contribution in [0.25, 0.3) is 126 Å². The lowest BCUT2D eigenvalue weighted by Crippen LogP contribution is -2.15. The molecule has 13 aromatic rings. The standard InChI is InChI=1S/C60H38N4OS/c1-60(2)47-22-10-6-17-39(47)40-29-27-37(32-48(40)60)58-61-57(35-15-4-3-5-16-35)62-59(63-58)44-21-14-25-52-55(44)46-31-36(28-30-51(46)65-52)45-33-38(34-54-56(45)43-20-9-13-26-53(43)66-54)64-49-23-11-7-18-41(49)42-19-8-12-24-50(42)64/h3-34H,1-2H3. The van der Waals surface area contributed by atoms with E-state index in [0.29, 0.717) is 17.5 Å². The van der Waals surface area contributed by atoms with Crippen molar-refractivity contribution in [2.24, 2.45) is 0 Å². The number of rotatable bonds is 5. The van der Waals surface area contributed by atoms with Gasteiger partial charge >= 0.3 is 0 Å². The molecule has 310 valence electrons. The lowest BCUT2D eigenvalue weighted by atomic mass is 9.82. The minimum Gasteiger partial charge on any atom is -0.456 e. The predicted molar refractivity (Wildman–Crippen MR) is 274 cm³/mol. The summed E-state index contributed by atoms with van der Waals surface area (Å²) in [6.45, 7) is 4.61. The van der Waals surface area contributed by atoms with Crippen LogP contribution in [0.15, 0.2) is 199 Å². The topological polar surface area (TPSA) is 56.7 Å². The van der Waals surface area contributed by atoms with E-state index in [1.807, 2.05) is 41.7 Å². The highest BCUT2D eigenvalue weighted by Gasteiger charge is 2.35. The average Bonchev–Trinajstić information content (AvgIpc) is 4.10. The Bertz CT molecular complexity index is 4100. The summed E-state index contributed by atoms with van der Waals surface area (Å²) in [4.78, 5) is 15.7. The van der Waals surface area contributed by atoms with E-state index in [0.717, 1.165) is 49.9 Å². The lowest BCUT2D eigenvalue weighted by molar-refractivity contribution is 0.660. The molecule has 0 spiro atoms. The molecule has 1 aliphatic carbocycles. The van der Waals surface area contributed by atoms with Gasteiger partial charge in [-0.3, -0.25) is 0 Å². The Morgan fingerprint density at radius 2 is 1.06 bits per heavy atom. The summed E-state index contributed by atoms with van der Waals surface area (Å²) in [6.07, 6.45) is 0. The zero-order chi connectivity index (χ0) is 43.7. The molecule has 0 fully saturated rings. The number of benzene rings is 9. The Labute approximate surface area is 383 Å². The maximum Gasteiger partial charge on any atom is 0.164 e. The van der Waals surface area contributed by atoms with Crippen molar-refractivity contribution in [3.05, 3.63) is 205 Å². The van der Waals surface area contributed by atoms with Crippen molar-refractivity contribution in [1.82, 2.24) is 19.5 Å². The molecule has 4 heterocycles. The fraction of sp³-hybridized carbons (Fsp3) is 0.0500. The van der Waals surface area contributed by atoms with Crippen LogP contribution in [0.2, 0.25) is 0 Å². The third kappa shape index (κ3) is 5.42. The Morgan fingerprint density at radius 3 is 1.88 bits per heavy atom. The summed E-state index contributed by atoms with van der Waals surface area (Å²) >= 11 is 1.85. The summed E-state index contributed by atoms with van der Waals surface area (Å²) in [5, 5.41) is 6.97. The summed E-state index contributed by atoms with van der Waals surface area (Å²) in [7, 11) is 0. The molecule has 0 N–H and O–H groups in total. The number of thiophene rings is 1. The molecule has 5 nitrogen and oxygen atoms in total. The van der Waals surface area contributed by atoms with Gasteiger partial charge in [-0.05, 0) is 88.0 Å². The second-order valence-electron chi connectivity index (χ2n) is 17.9. The molecule has 1 aliphatic rings. The molecule has 0 saturated carbocycles. The molecule has 0 amide bonds. The Balaban J connectivity index is 0.988. The van der Waals surface area contributed by atoms with Crippen molar-refractivity contribution >= 4 is 75.3 Å². The van der Waals surface area contributed by atoms with Crippen molar-refractivity contribution < 1.29 is 4.42 Å². The summed E-state index contributed by atoms with van der Waals surface area (Å²) in [5.41, 5.74) is 15.1. The predicted octanol–water partition coefficient (Wildman–Crippen LogP) is 16.2. The Hall–Kier alpha value is -8.19. The maximum atomic E-state index is 6.69. The van der Waals surface area contributed by atoms with E-state index in [9.17, 15) is 0 Å². The second kappa shape index (κ2) is 13.9. The van der Waals surface area contributed by atoms with Gasteiger partial charge in [-0.1, -0.05) is 153 Å². The van der Waals surface area contributed by atoms with E-state index in [1.54, 1.807) is 0 Å². The van der Waals surface area contributed by atoms with Gasteiger partial charge in [0.2, 0.25) is 0 Å². The van der Waals surface area contributed by atoms with Gasteiger partial charge in [-0.25, -0.2) is 15.0 Å². The van der Waals surface area contributed by atoms with Crippen molar-refractivity contribution in [3.8, 4) is 62.1 Å².